The van der Waals surface area contributed by atoms with Crippen LogP contribution in [0.4, 0.5) is 14.9 Å². The van der Waals surface area contributed by atoms with Gasteiger partial charge in [0.1, 0.15) is 5.82 Å². The third kappa shape index (κ3) is 4.28. The van der Waals surface area contributed by atoms with E-state index in [-0.39, 0.29) is 11.3 Å². The van der Waals surface area contributed by atoms with Crippen LogP contribution in [0.25, 0.3) is 0 Å². The van der Waals surface area contributed by atoms with E-state index in [9.17, 15) is 14.0 Å². The third-order valence-corrected chi connectivity index (χ3v) is 3.63. The van der Waals surface area contributed by atoms with Crippen LogP contribution in [0.2, 0.25) is 0 Å². The lowest BCUT2D eigenvalue weighted by molar-refractivity contribution is 0.0697. The first kappa shape index (κ1) is 15.0. The van der Waals surface area contributed by atoms with Crippen LogP contribution >= 0.6 is 11.3 Å². The number of halogens is 1. The Bertz CT molecular complexity index is 644. The molecule has 2 aromatic rings. The van der Waals surface area contributed by atoms with Crippen LogP contribution in [-0.2, 0) is 6.42 Å². The summed E-state index contributed by atoms with van der Waals surface area (Å²) in [6.07, 6.45) is 0.683. The predicted octanol–water partition coefficient (Wildman–Crippen LogP) is 2.95. The number of carboxylic acid groups (broad SMARTS) is 1. The molecule has 2 amide bonds. The van der Waals surface area contributed by atoms with Crippen molar-refractivity contribution in [1.29, 1.82) is 0 Å². The monoisotopic (exact) mass is 308 g/mol. The number of thiophene rings is 1. The third-order valence-electron chi connectivity index (χ3n) is 2.70. The van der Waals surface area contributed by atoms with Crippen LogP contribution in [0.5, 0.6) is 0 Å². The maximum absolute atomic E-state index is 13.5. The Morgan fingerprint density at radius 1 is 1.29 bits per heavy atom. The number of anilines is 1. The number of hydrogen-bond acceptors (Lipinski definition) is 3. The van der Waals surface area contributed by atoms with Gasteiger partial charge in [-0.15, -0.1) is 11.3 Å². The zero-order chi connectivity index (χ0) is 15.2. The van der Waals surface area contributed by atoms with Gasteiger partial charge < -0.3 is 15.7 Å². The Balaban J connectivity index is 1.90. The highest BCUT2D eigenvalue weighted by Gasteiger charge is 2.10. The van der Waals surface area contributed by atoms with Gasteiger partial charge in [-0.05, 0) is 36.1 Å². The van der Waals surface area contributed by atoms with Crippen LogP contribution in [0.3, 0.4) is 0 Å². The summed E-state index contributed by atoms with van der Waals surface area (Å²) >= 11 is 1.59. The minimum Gasteiger partial charge on any atom is -0.478 e. The van der Waals surface area contributed by atoms with Gasteiger partial charge in [0.05, 0.1) is 11.3 Å². The molecule has 0 fully saturated rings. The molecule has 1 aromatic carbocycles. The lowest BCUT2D eigenvalue weighted by Crippen LogP contribution is -2.30. The second-order valence-electron chi connectivity index (χ2n) is 4.21. The van der Waals surface area contributed by atoms with Crippen molar-refractivity contribution >= 4 is 29.0 Å². The van der Waals surface area contributed by atoms with Crippen LogP contribution in [-0.4, -0.2) is 23.7 Å². The molecule has 0 bridgehead atoms. The molecule has 0 aliphatic heterocycles. The van der Waals surface area contributed by atoms with E-state index in [1.807, 2.05) is 17.5 Å². The summed E-state index contributed by atoms with van der Waals surface area (Å²) in [5.74, 6) is -1.87. The number of amides is 2. The lowest BCUT2D eigenvalue weighted by atomic mass is 10.2. The van der Waals surface area contributed by atoms with Gasteiger partial charge in [0.15, 0.2) is 0 Å². The van der Waals surface area contributed by atoms with Gasteiger partial charge in [0.25, 0.3) is 0 Å². The number of hydrogen-bond donors (Lipinski definition) is 3. The predicted molar refractivity (Wildman–Crippen MR) is 78.4 cm³/mol. The minimum atomic E-state index is -1.18. The maximum Gasteiger partial charge on any atom is 0.335 e. The molecule has 0 saturated carbocycles. The van der Waals surface area contributed by atoms with Crippen molar-refractivity contribution < 1.29 is 19.1 Å². The molecule has 0 saturated heterocycles. The van der Waals surface area contributed by atoms with Crippen molar-refractivity contribution in [2.75, 3.05) is 11.9 Å². The topological polar surface area (TPSA) is 78.4 Å². The smallest absolute Gasteiger partial charge is 0.335 e. The molecule has 7 heteroatoms. The summed E-state index contributed by atoms with van der Waals surface area (Å²) in [6.45, 7) is 0.409. The molecule has 5 nitrogen and oxygen atoms in total. The van der Waals surface area contributed by atoms with E-state index in [2.05, 4.69) is 10.6 Å². The quantitative estimate of drug-likeness (QED) is 0.794. The van der Waals surface area contributed by atoms with E-state index >= 15 is 0 Å². The first-order valence-electron chi connectivity index (χ1n) is 6.16. The number of nitrogens with one attached hydrogen (secondary N) is 2. The Morgan fingerprint density at radius 3 is 2.76 bits per heavy atom. The first-order chi connectivity index (χ1) is 10.1. The normalized spacial score (nSPS) is 10.1. The molecule has 0 atom stereocenters. The molecule has 0 spiro atoms. The summed E-state index contributed by atoms with van der Waals surface area (Å²) in [5.41, 5.74) is -0.256. The number of benzene rings is 1. The fourth-order valence-corrected chi connectivity index (χ4v) is 2.38. The first-order valence-corrected chi connectivity index (χ1v) is 7.04. The maximum atomic E-state index is 13.5. The molecule has 110 valence electrons. The van der Waals surface area contributed by atoms with E-state index in [4.69, 9.17) is 5.11 Å². The molecule has 2 rings (SSSR count). The van der Waals surface area contributed by atoms with E-state index in [1.54, 1.807) is 11.3 Å². The lowest BCUT2D eigenvalue weighted by Gasteiger charge is -2.08. The standard InChI is InChI=1S/C14H13FN2O3S/c15-11-4-3-9(13(18)19)8-12(11)17-14(20)16-6-5-10-2-1-7-21-10/h1-4,7-8H,5-6H2,(H,18,19)(H2,16,17,20). The van der Waals surface area contributed by atoms with Gasteiger partial charge in [0, 0.05) is 11.4 Å². The average molecular weight is 308 g/mol. The van der Waals surface area contributed by atoms with Gasteiger partial charge in [-0.2, -0.15) is 0 Å². The molecule has 1 aromatic heterocycles. The summed E-state index contributed by atoms with van der Waals surface area (Å²) in [6, 6.07) is 6.53. The molecular weight excluding hydrogens is 295 g/mol. The van der Waals surface area contributed by atoms with E-state index in [1.165, 1.54) is 0 Å². The molecule has 0 radical (unpaired) electrons. The second kappa shape index (κ2) is 6.85. The van der Waals surface area contributed by atoms with E-state index in [0.717, 1.165) is 23.1 Å². The average Bonchev–Trinajstić information content (AvgIpc) is 2.94. The minimum absolute atomic E-state index is 0.0923. The van der Waals surface area contributed by atoms with Crippen molar-refractivity contribution in [2.24, 2.45) is 0 Å². The zero-order valence-corrected chi connectivity index (χ0v) is 11.7. The summed E-state index contributed by atoms with van der Waals surface area (Å²) < 4.78 is 13.5. The fourth-order valence-electron chi connectivity index (χ4n) is 1.67. The molecule has 0 aliphatic carbocycles. The fraction of sp³-hybridized carbons (Fsp3) is 0.143. The molecule has 0 aliphatic rings. The number of carbonyl (C=O) groups excluding carboxylic acids is 1. The summed E-state index contributed by atoms with van der Waals surface area (Å²) in [5, 5.41) is 15.7. The van der Waals surface area contributed by atoms with Crippen molar-refractivity contribution in [3.05, 3.63) is 52.0 Å². The van der Waals surface area contributed by atoms with Gasteiger partial charge in [-0.1, -0.05) is 6.07 Å². The Kier molecular flexibility index (Phi) is 4.89. The molecule has 3 N–H and O–H groups in total. The number of carboxylic acids is 1. The zero-order valence-electron chi connectivity index (χ0n) is 10.9. The van der Waals surface area contributed by atoms with Crippen molar-refractivity contribution in [2.45, 2.75) is 6.42 Å². The van der Waals surface area contributed by atoms with Crippen LogP contribution in [0.1, 0.15) is 15.2 Å². The van der Waals surface area contributed by atoms with Gasteiger partial charge >= 0.3 is 12.0 Å². The van der Waals surface area contributed by atoms with E-state index < -0.39 is 17.8 Å². The van der Waals surface area contributed by atoms with Crippen LogP contribution in [0, 0.1) is 5.82 Å². The van der Waals surface area contributed by atoms with Crippen LogP contribution < -0.4 is 10.6 Å². The van der Waals surface area contributed by atoms with Crippen LogP contribution in [0.15, 0.2) is 35.7 Å². The number of carbonyl (C=O) groups is 2. The Labute approximate surface area is 124 Å². The van der Waals surface area contributed by atoms with E-state index in [0.29, 0.717) is 13.0 Å². The van der Waals surface area contributed by atoms with Crippen molar-refractivity contribution in [3.63, 3.8) is 0 Å². The van der Waals surface area contributed by atoms with Gasteiger partial charge in [-0.3, -0.25) is 0 Å². The largest absolute Gasteiger partial charge is 0.478 e. The van der Waals surface area contributed by atoms with Crippen molar-refractivity contribution in [1.82, 2.24) is 5.32 Å². The van der Waals surface area contributed by atoms with Gasteiger partial charge in [0.2, 0.25) is 0 Å². The van der Waals surface area contributed by atoms with Crippen molar-refractivity contribution in [3.8, 4) is 0 Å². The highest BCUT2D eigenvalue weighted by atomic mass is 32.1. The second-order valence-corrected chi connectivity index (χ2v) is 5.24. The highest BCUT2D eigenvalue weighted by Crippen LogP contribution is 2.16. The Morgan fingerprint density at radius 2 is 2.10 bits per heavy atom. The SMILES string of the molecule is O=C(NCCc1cccs1)Nc1cc(C(=O)O)ccc1F. The molecular formula is C14H13FN2O3S. The number of rotatable bonds is 5. The highest BCUT2D eigenvalue weighted by molar-refractivity contribution is 7.09. The number of urea groups is 1. The number of aromatic carboxylic acids is 1. The molecule has 21 heavy (non-hydrogen) atoms. The summed E-state index contributed by atoms with van der Waals surface area (Å²) in [7, 11) is 0. The summed E-state index contributed by atoms with van der Waals surface area (Å²) in [4.78, 5) is 23.6. The Hall–Kier alpha value is -2.41. The van der Waals surface area contributed by atoms with Gasteiger partial charge in [-0.25, -0.2) is 14.0 Å². The molecule has 1 heterocycles. The molecule has 0 unspecified atom stereocenters.